The molecule has 1 heterocycles. The largest absolute Gasteiger partial charge is 0.444 e. The summed E-state index contributed by atoms with van der Waals surface area (Å²) in [6.07, 6.45) is -1.10. The molecule has 1 atom stereocenters. The lowest BCUT2D eigenvalue weighted by molar-refractivity contribution is -0.0650. The Morgan fingerprint density at radius 1 is 1.50 bits per heavy atom. The van der Waals surface area contributed by atoms with E-state index in [-0.39, 0.29) is 6.09 Å². The van der Waals surface area contributed by atoms with Gasteiger partial charge in [0.05, 0.1) is 5.54 Å². The number of aliphatic hydroxyl groups excluding tert-OH is 1. The molecular weight excluding hydrogens is 208 g/mol. The topological polar surface area (TPSA) is 61.8 Å². The Labute approximate surface area is 96.8 Å². The van der Waals surface area contributed by atoms with Gasteiger partial charge in [-0.2, -0.15) is 0 Å². The van der Waals surface area contributed by atoms with Crippen LogP contribution >= 0.6 is 0 Å². The van der Waals surface area contributed by atoms with Crippen molar-refractivity contribution in [1.82, 2.24) is 10.2 Å². The van der Waals surface area contributed by atoms with Crippen LogP contribution in [0.25, 0.3) is 0 Å². The highest BCUT2D eigenvalue weighted by molar-refractivity contribution is 5.69. The molecule has 0 spiro atoms. The normalized spacial score (nSPS) is 25.4. The van der Waals surface area contributed by atoms with Crippen molar-refractivity contribution in [2.75, 3.05) is 13.1 Å². The third-order valence-corrected chi connectivity index (χ3v) is 2.65. The molecule has 0 aromatic carbocycles. The van der Waals surface area contributed by atoms with Crippen LogP contribution in [0.5, 0.6) is 0 Å². The molecule has 1 rings (SSSR count). The lowest BCUT2D eigenvalue weighted by atomic mass is 9.98. The van der Waals surface area contributed by atoms with Crippen molar-refractivity contribution in [3.05, 3.63) is 0 Å². The van der Waals surface area contributed by atoms with Crippen molar-refractivity contribution in [2.45, 2.75) is 52.0 Å². The van der Waals surface area contributed by atoms with Gasteiger partial charge in [-0.25, -0.2) is 4.79 Å². The van der Waals surface area contributed by atoms with Crippen LogP contribution < -0.4 is 5.32 Å². The summed E-state index contributed by atoms with van der Waals surface area (Å²) in [5, 5.41) is 12.7. The molecule has 1 aliphatic heterocycles. The monoisotopic (exact) mass is 230 g/mol. The Balaban J connectivity index is 2.75. The lowest BCUT2D eigenvalue weighted by Crippen LogP contribution is -2.66. The van der Waals surface area contributed by atoms with Gasteiger partial charge >= 0.3 is 6.09 Å². The number of aliphatic hydroxyl groups is 1. The van der Waals surface area contributed by atoms with E-state index >= 15 is 0 Å². The van der Waals surface area contributed by atoms with E-state index in [1.165, 1.54) is 0 Å². The third-order valence-electron chi connectivity index (χ3n) is 2.65. The standard InChI is InChI=1S/C11H22N2O3/c1-10(2,3)16-9(15)13-7-6-12-8(14)11(13,4)5/h8,12,14H,6-7H2,1-5H3. The summed E-state index contributed by atoms with van der Waals surface area (Å²) in [4.78, 5) is 13.5. The van der Waals surface area contributed by atoms with E-state index in [4.69, 9.17) is 4.74 Å². The predicted octanol–water partition coefficient (Wildman–Crippen LogP) is 0.924. The van der Waals surface area contributed by atoms with Crippen LogP contribution in [0.4, 0.5) is 4.79 Å². The number of carbonyl (C=O) groups is 1. The van der Waals surface area contributed by atoms with E-state index in [2.05, 4.69) is 5.32 Å². The van der Waals surface area contributed by atoms with Gasteiger partial charge in [0.1, 0.15) is 11.8 Å². The van der Waals surface area contributed by atoms with Crippen LogP contribution in [-0.2, 0) is 4.74 Å². The number of nitrogens with zero attached hydrogens (tertiary/aromatic N) is 1. The fourth-order valence-electron chi connectivity index (χ4n) is 1.64. The first-order chi connectivity index (χ1) is 7.14. The van der Waals surface area contributed by atoms with E-state index in [9.17, 15) is 9.90 Å². The summed E-state index contributed by atoms with van der Waals surface area (Å²) in [7, 11) is 0. The molecule has 5 heteroatoms. The van der Waals surface area contributed by atoms with Crippen LogP contribution in [-0.4, -0.2) is 46.6 Å². The molecule has 94 valence electrons. The zero-order chi connectivity index (χ0) is 12.6. The van der Waals surface area contributed by atoms with Crippen LogP contribution in [0.1, 0.15) is 34.6 Å². The van der Waals surface area contributed by atoms with E-state index in [0.717, 1.165) is 0 Å². The fourth-order valence-corrected chi connectivity index (χ4v) is 1.64. The average molecular weight is 230 g/mol. The quantitative estimate of drug-likeness (QED) is 0.649. The van der Waals surface area contributed by atoms with Gasteiger partial charge in [-0.15, -0.1) is 0 Å². The minimum atomic E-state index is -0.728. The summed E-state index contributed by atoms with van der Waals surface area (Å²) in [5.41, 5.74) is -1.16. The molecule has 0 aromatic heterocycles. The Morgan fingerprint density at radius 3 is 2.56 bits per heavy atom. The molecule has 0 aromatic rings. The first-order valence-electron chi connectivity index (χ1n) is 5.56. The number of hydrogen-bond acceptors (Lipinski definition) is 4. The van der Waals surface area contributed by atoms with Crippen molar-refractivity contribution in [2.24, 2.45) is 0 Å². The molecule has 0 saturated carbocycles. The summed E-state index contributed by atoms with van der Waals surface area (Å²) >= 11 is 0. The number of amides is 1. The van der Waals surface area contributed by atoms with Crippen LogP contribution in [0.2, 0.25) is 0 Å². The molecule has 16 heavy (non-hydrogen) atoms. The number of carbonyl (C=O) groups excluding carboxylic acids is 1. The number of rotatable bonds is 0. The Hall–Kier alpha value is -0.810. The molecule has 2 N–H and O–H groups in total. The first-order valence-corrected chi connectivity index (χ1v) is 5.56. The number of hydrogen-bond donors (Lipinski definition) is 2. The number of piperazine rings is 1. The van der Waals surface area contributed by atoms with Crippen molar-refractivity contribution in [1.29, 1.82) is 0 Å². The SMILES string of the molecule is CC(C)(C)OC(=O)N1CCNC(O)C1(C)C. The lowest BCUT2D eigenvalue weighted by Gasteiger charge is -2.45. The minimum Gasteiger partial charge on any atom is -0.444 e. The van der Waals surface area contributed by atoms with Gasteiger partial charge in [0.2, 0.25) is 0 Å². The van der Waals surface area contributed by atoms with Crippen molar-refractivity contribution >= 4 is 6.09 Å². The maximum Gasteiger partial charge on any atom is 0.410 e. The number of nitrogens with one attached hydrogen (secondary N) is 1. The Morgan fingerprint density at radius 2 is 2.06 bits per heavy atom. The van der Waals surface area contributed by atoms with Crippen molar-refractivity contribution in [3.8, 4) is 0 Å². The summed E-state index contributed by atoms with van der Waals surface area (Å²) < 4.78 is 5.31. The second kappa shape index (κ2) is 4.22. The zero-order valence-corrected chi connectivity index (χ0v) is 10.7. The van der Waals surface area contributed by atoms with E-state index in [1.54, 1.807) is 4.90 Å². The van der Waals surface area contributed by atoms with E-state index < -0.39 is 17.4 Å². The van der Waals surface area contributed by atoms with E-state index in [0.29, 0.717) is 13.1 Å². The molecule has 0 aliphatic carbocycles. The average Bonchev–Trinajstić information content (AvgIpc) is 2.06. The maximum absolute atomic E-state index is 11.9. The van der Waals surface area contributed by atoms with Crippen LogP contribution in [0.15, 0.2) is 0 Å². The molecule has 0 bridgehead atoms. The van der Waals surface area contributed by atoms with Gasteiger partial charge < -0.3 is 9.84 Å². The fraction of sp³-hybridized carbons (Fsp3) is 0.909. The highest BCUT2D eigenvalue weighted by atomic mass is 16.6. The van der Waals surface area contributed by atoms with Crippen LogP contribution in [0, 0.1) is 0 Å². The molecular formula is C11H22N2O3. The van der Waals surface area contributed by atoms with Crippen molar-refractivity contribution < 1.29 is 14.6 Å². The molecule has 1 aliphatic rings. The highest BCUT2D eigenvalue weighted by Gasteiger charge is 2.41. The van der Waals surface area contributed by atoms with Gasteiger partial charge in [0.15, 0.2) is 0 Å². The summed E-state index contributed by atoms with van der Waals surface area (Å²) in [5.74, 6) is 0. The second-order valence-corrected chi connectivity index (χ2v) is 5.64. The minimum absolute atomic E-state index is 0.377. The second-order valence-electron chi connectivity index (χ2n) is 5.64. The predicted molar refractivity (Wildman–Crippen MR) is 61.0 cm³/mol. The molecule has 0 radical (unpaired) electrons. The molecule has 1 amide bonds. The van der Waals surface area contributed by atoms with Crippen molar-refractivity contribution in [3.63, 3.8) is 0 Å². The summed E-state index contributed by atoms with van der Waals surface area (Å²) in [6.45, 7) is 10.2. The molecule has 5 nitrogen and oxygen atoms in total. The van der Waals surface area contributed by atoms with Gasteiger partial charge in [0.25, 0.3) is 0 Å². The number of ether oxygens (including phenoxy) is 1. The molecule has 1 unspecified atom stereocenters. The maximum atomic E-state index is 11.9. The zero-order valence-electron chi connectivity index (χ0n) is 10.7. The van der Waals surface area contributed by atoms with Gasteiger partial charge in [-0.1, -0.05) is 0 Å². The first kappa shape index (κ1) is 13.3. The molecule has 1 saturated heterocycles. The van der Waals surface area contributed by atoms with Gasteiger partial charge in [-0.05, 0) is 34.6 Å². The molecule has 1 fully saturated rings. The van der Waals surface area contributed by atoms with Gasteiger partial charge in [0, 0.05) is 13.1 Å². The third kappa shape index (κ3) is 2.86. The van der Waals surface area contributed by atoms with Gasteiger partial charge in [-0.3, -0.25) is 10.2 Å². The highest BCUT2D eigenvalue weighted by Crippen LogP contribution is 2.23. The summed E-state index contributed by atoms with van der Waals surface area (Å²) in [6, 6.07) is 0. The Bertz CT molecular complexity index is 271. The van der Waals surface area contributed by atoms with Crippen LogP contribution in [0.3, 0.4) is 0 Å². The van der Waals surface area contributed by atoms with E-state index in [1.807, 2.05) is 34.6 Å². The smallest absolute Gasteiger partial charge is 0.410 e. The Kier molecular flexibility index (Phi) is 3.50.